The Bertz CT molecular complexity index is 1430. The van der Waals surface area contributed by atoms with Gasteiger partial charge in [0.15, 0.2) is 0 Å². The van der Waals surface area contributed by atoms with Gasteiger partial charge in [-0.15, -0.1) is 0 Å². The molecular formula is C33H40ClN5O. The maximum atomic E-state index is 13.0. The summed E-state index contributed by atoms with van der Waals surface area (Å²) in [5.41, 5.74) is 5.80. The number of aromatic nitrogens is 1. The molecule has 0 radical (unpaired) electrons. The van der Waals surface area contributed by atoms with Crippen molar-refractivity contribution in [3.63, 3.8) is 0 Å². The van der Waals surface area contributed by atoms with Crippen LogP contribution < -0.4 is 4.90 Å². The normalized spacial score (nSPS) is 14.4. The Morgan fingerprint density at radius 2 is 1.90 bits per heavy atom. The first-order valence-corrected chi connectivity index (χ1v) is 14.4. The van der Waals surface area contributed by atoms with Gasteiger partial charge in [-0.2, -0.15) is 0 Å². The molecule has 210 valence electrons. The summed E-state index contributed by atoms with van der Waals surface area (Å²) in [6.45, 7) is 8.90. The standard InChI is InChI=1S/C33H40ClN5O/c1-7-22(2)21-36-33-31(23(3)35)32(25-13-15-26(34)16-14-25)24(4)39(33)29-11-8-10-28(20-29)38(6)30(40)12-9-19-37(5)27-17-18-27/h8-16,20-22,27,35H,7,17-19H2,1-6H3. The molecule has 1 fully saturated rings. The number of likely N-dealkylation sites (N-methyl/N-ethyl adjacent to an activating group) is 2. The van der Waals surface area contributed by atoms with Crippen molar-refractivity contribution in [2.45, 2.75) is 53.0 Å². The number of nitrogens with one attached hydrogen (secondary N) is 1. The highest BCUT2D eigenvalue weighted by Gasteiger charge is 2.26. The lowest BCUT2D eigenvalue weighted by molar-refractivity contribution is -0.113. The van der Waals surface area contributed by atoms with E-state index in [1.165, 1.54) is 12.8 Å². The van der Waals surface area contributed by atoms with Gasteiger partial charge in [-0.1, -0.05) is 49.7 Å². The summed E-state index contributed by atoms with van der Waals surface area (Å²) in [6, 6.07) is 16.3. The number of rotatable bonds is 11. The fraction of sp³-hybridized carbons (Fsp3) is 0.364. The quantitative estimate of drug-likeness (QED) is 0.193. The molecule has 0 aliphatic heterocycles. The van der Waals surface area contributed by atoms with Crippen LogP contribution in [-0.4, -0.2) is 54.0 Å². The molecule has 1 N–H and O–H groups in total. The van der Waals surface area contributed by atoms with E-state index in [0.717, 1.165) is 46.7 Å². The van der Waals surface area contributed by atoms with Crippen molar-refractivity contribution < 1.29 is 4.79 Å². The van der Waals surface area contributed by atoms with Gasteiger partial charge in [-0.3, -0.25) is 14.3 Å². The predicted octanol–water partition coefficient (Wildman–Crippen LogP) is 7.86. The summed E-state index contributed by atoms with van der Waals surface area (Å²) in [7, 11) is 3.90. The van der Waals surface area contributed by atoms with Crippen molar-refractivity contribution in [2.75, 3.05) is 25.5 Å². The lowest BCUT2D eigenvalue weighted by Crippen LogP contribution is -2.25. The average molecular weight is 558 g/mol. The SMILES string of the molecule is CCC(C)C=Nc1c(C(C)=N)c(-c2ccc(Cl)cc2)c(C)n1-c1cccc(N(C)C(=O)C=CCN(C)C2CC2)c1. The van der Waals surface area contributed by atoms with Crippen LogP contribution in [0.25, 0.3) is 16.8 Å². The number of halogens is 1. The van der Waals surface area contributed by atoms with Crippen LogP contribution in [0.2, 0.25) is 5.02 Å². The number of amides is 1. The first-order chi connectivity index (χ1) is 19.1. The minimum Gasteiger partial charge on any atom is -0.312 e. The lowest BCUT2D eigenvalue weighted by atomic mass is 9.99. The number of carbonyl (C=O) groups is 1. The lowest BCUT2D eigenvalue weighted by Gasteiger charge is -2.18. The van der Waals surface area contributed by atoms with Gasteiger partial charge in [0.05, 0.1) is 0 Å². The van der Waals surface area contributed by atoms with E-state index in [0.29, 0.717) is 28.5 Å². The Kier molecular flexibility index (Phi) is 9.44. The second kappa shape index (κ2) is 12.8. The zero-order valence-corrected chi connectivity index (χ0v) is 25.2. The minimum absolute atomic E-state index is 0.0709. The van der Waals surface area contributed by atoms with Crippen molar-refractivity contribution in [1.82, 2.24) is 9.47 Å². The summed E-state index contributed by atoms with van der Waals surface area (Å²) >= 11 is 6.20. The number of benzene rings is 2. The molecule has 1 aliphatic carbocycles. The van der Waals surface area contributed by atoms with Gasteiger partial charge in [0.1, 0.15) is 5.82 Å². The maximum Gasteiger partial charge on any atom is 0.250 e. The molecule has 0 spiro atoms. The molecule has 6 nitrogen and oxygen atoms in total. The van der Waals surface area contributed by atoms with Crippen molar-refractivity contribution in [1.29, 1.82) is 5.41 Å². The van der Waals surface area contributed by atoms with Crippen LogP contribution in [0.1, 0.15) is 51.3 Å². The predicted molar refractivity (Wildman–Crippen MR) is 169 cm³/mol. The highest BCUT2D eigenvalue weighted by Crippen LogP contribution is 2.40. The van der Waals surface area contributed by atoms with Gasteiger partial charge in [-0.05, 0) is 82.0 Å². The van der Waals surface area contributed by atoms with Crippen LogP contribution in [0.3, 0.4) is 0 Å². The van der Waals surface area contributed by atoms with Crippen LogP contribution in [0.4, 0.5) is 11.5 Å². The number of hydrogen-bond donors (Lipinski definition) is 1. The summed E-state index contributed by atoms with van der Waals surface area (Å²) in [5.74, 6) is 0.935. The summed E-state index contributed by atoms with van der Waals surface area (Å²) in [4.78, 5) is 21.9. The third-order valence-corrected chi connectivity index (χ3v) is 7.87. The van der Waals surface area contributed by atoms with E-state index in [1.807, 2.05) is 60.8 Å². The number of hydrogen-bond acceptors (Lipinski definition) is 4. The molecule has 7 heteroatoms. The molecule has 1 aliphatic rings. The number of aliphatic imine (C=N–C) groups is 1. The summed E-state index contributed by atoms with van der Waals surface area (Å²) < 4.78 is 2.10. The van der Waals surface area contributed by atoms with E-state index in [4.69, 9.17) is 22.0 Å². The van der Waals surface area contributed by atoms with Gasteiger partial charge >= 0.3 is 0 Å². The fourth-order valence-corrected chi connectivity index (χ4v) is 4.93. The molecule has 1 atom stereocenters. The van der Waals surface area contributed by atoms with Crippen molar-refractivity contribution in [3.05, 3.63) is 77.0 Å². The van der Waals surface area contributed by atoms with Gasteiger partial charge in [-0.25, -0.2) is 4.99 Å². The van der Waals surface area contributed by atoms with Crippen LogP contribution in [0.5, 0.6) is 0 Å². The Hall–Kier alpha value is -3.48. The topological polar surface area (TPSA) is 64.7 Å². The second-order valence-electron chi connectivity index (χ2n) is 10.8. The maximum absolute atomic E-state index is 13.0. The molecule has 4 rings (SSSR count). The Labute approximate surface area is 243 Å². The highest BCUT2D eigenvalue weighted by atomic mass is 35.5. The fourth-order valence-electron chi connectivity index (χ4n) is 4.81. The monoisotopic (exact) mass is 557 g/mol. The highest BCUT2D eigenvalue weighted by molar-refractivity contribution is 6.30. The number of nitrogens with zero attached hydrogens (tertiary/aromatic N) is 4. The summed E-state index contributed by atoms with van der Waals surface area (Å²) in [5, 5.41) is 9.39. The molecule has 1 amide bonds. The second-order valence-corrected chi connectivity index (χ2v) is 11.2. The van der Waals surface area contributed by atoms with E-state index >= 15 is 0 Å². The van der Waals surface area contributed by atoms with Crippen LogP contribution in [0, 0.1) is 18.3 Å². The molecular weight excluding hydrogens is 518 g/mol. The first kappa shape index (κ1) is 29.5. The Morgan fingerprint density at radius 3 is 2.52 bits per heavy atom. The summed E-state index contributed by atoms with van der Waals surface area (Å²) in [6.07, 6.45) is 9.02. The van der Waals surface area contributed by atoms with E-state index in [1.54, 1.807) is 24.9 Å². The molecule has 1 saturated carbocycles. The van der Waals surface area contributed by atoms with Crippen LogP contribution >= 0.6 is 11.6 Å². The zero-order valence-electron chi connectivity index (χ0n) is 24.4. The third-order valence-electron chi connectivity index (χ3n) is 7.62. The van der Waals surface area contributed by atoms with Crippen molar-refractivity contribution in [3.8, 4) is 16.8 Å². The van der Waals surface area contributed by atoms with Crippen molar-refractivity contribution in [2.24, 2.45) is 10.9 Å². The smallest absolute Gasteiger partial charge is 0.250 e. The van der Waals surface area contributed by atoms with Gasteiger partial charge in [0, 0.05) is 70.9 Å². The Morgan fingerprint density at radius 1 is 1.20 bits per heavy atom. The number of carbonyl (C=O) groups excluding carboxylic acids is 1. The van der Waals surface area contributed by atoms with E-state index in [2.05, 4.69) is 37.3 Å². The minimum atomic E-state index is -0.0709. The van der Waals surface area contributed by atoms with Crippen molar-refractivity contribution >= 4 is 40.9 Å². The first-order valence-electron chi connectivity index (χ1n) is 14.0. The molecule has 2 aromatic carbocycles. The molecule has 1 aromatic heterocycles. The molecule has 0 saturated heterocycles. The molecule has 1 unspecified atom stereocenters. The van der Waals surface area contributed by atoms with Gasteiger partial charge < -0.3 is 10.3 Å². The van der Waals surface area contributed by atoms with E-state index in [-0.39, 0.29) is 5.91 Å². The van der Waals surface area contributed by atoms with E-state index in [9.17, 15) is 4.79 Å². The Balaban J connectivity index is 1.77. The van der Waals surface area contributed by atoms with Gasteiger partial charge in [0.25, 0.3) is 0 Å². The number of anilines is 1. The molecule has 3 aromatic rings. The third kappa shape index (κ3) is 6.62. The van der Waals surface area contributed by atoms with Gasteiger partial charge in [0.2, 0.25) is 5.91 Å². The molecule has 1 heterocycles. The van der Waals surface area contributed by atoms with Crippen LogP contribution in [-0.2, 0) is 4.79 Å². The average Bonchev–Trinajstić information content (AvgIpc) is 3.75. The van der Waals surface area contributed by atoms with Crippen LogP contribution in [0.15, 0.2) is 65.7 Å². The molecule has 40 heavy (non-hydrogen) atoms. The van der Waals surface area contributed by atoms with E-state index < -0.39 is 0 Å². The zero-order chi connectivity index (χ0) is 29.0. The molecule has 0 bridgehead atoms. The largest absolute Gasteiger partial charge is 0.312 e.